The highest BCUT2D eigenvalue weighted by Crippen LogP contribution is 2.19. The first-order valence-corrected chi connectivity index (χ1v) is 7.21. The molecule has 7 nitrogen and oxygen atoms in total. The molecular weight excluding hydrogens is 286 g/mol. The molecule has 0 bridgehead atoms. The third kappa shape index (κ3) is 3.81. The Morgan fingerprint density at radius 1 is 1.36 bits per heavy atom. The summed E-state index contributed by atoms with van der Waals surface area (Å²) in [6.07, 6.45) is 4.47. The highest BCUT2D eigenvalue weighted by atomic mass is 16.4. The molecule has 7 heteroatoms. The van der Waals surface area contributed by atoms with Crippen LogP contribution in [0.15, 0.2) is 24.5 Å². The lowest BCUT2D eigenvalue weighted by molar-refractivity contribution is -0.142. The first-order valence-electron chi connectivity index (χ1n) is 7.21. The zero-order valence-corrected chi connectivity index (χ0v) is 12.4. The van der Waals surface area contributed by atoms with Crippen molar-refractivity contribution in [1.82, 2.24) is 15.2 Å². The number of hydrogen-bond acceptors (Lipinski definition) is 4. The SMILES string of the molecule is C[C@@H](NC(=O)C1CCCN(C(=O)c2ccncc2)C1)C(=O)O. The number of nitrogens with zero attached hydrogens (tertiary/aromatic N) is 2. The van der Waals surface area contributed by atoms with Gasteiger partial charge in [0.25, 0.3) is 5.91 Å². The van der Waals surface area contributed by atoms with Gasteiger partial charge in [0.05, 0.1) is 5.92 Å². The Kier molecular flexibility index (Phi) is 5.08. The summed E-state index contributed by atoms with van der Waals surface area (Å²) in [6.45, 7) is 2.32. The lowest BCUT2D eigenvalue weighted by Gasteiger charge is -2.32. The van der Waals surface area contributed by atoms with Gasteiger partial charge >= 0.3 is 5.97 Å². The molecule has 22 heavy (non-hydrogen) atoms. The molecule has 1 aliphatic heterocycles. The summed E-state index contributed by atoms with van der Waals surface area (Å²) in [5.74, 6) is -1.90. The van der Waals surface area contributed by atoms with Gasteiger partial charge in [-0.05, 0) is 31.9 Å². The van der Waals surface area contributed by atoms with Gasteiger partial charge in [0.1, 0.15) is 6.04 Å². The van der Waals surface area contributed by atoms with E-state index in [-0.39, 0.29) is 17.7 Å². The third-order valence-corrected chi connectivity index (χ3v) is 3.74. The lowest BCUT2D eigenvalue weighted by atomic mass is 9.96. The largest absolute Gasteiger partial charge is 0.480 e. The zero-order valence-electron chi connectivity index (χ0n) is 12.4. The van der Waals surface area contributed by atoms with Gasteiger partial charge in [-0.1, -0.05) is 0 Å². The standard InChI is InChI=1S/C15H19N3O4/c1-10(15(21)22)17-13(19)12-3-2-8-18(9-12)14(20)11-4-6-16-7-5-11/h4-7,10,12H,2-3,8-9H2,1H3,(H,17,19)(H,21,22)/t10-,12?/m1/s1. The molecule has 1 aliphatic rings. The van der Waals surface area contributed by atoms with Crippen molar-refractivity contribution in [3.63, 3.8) is 0 Å². The Balaban J connectivity index is 1.98. The molecule has 0 spiro atoms. The van der Waals surface area contributed by atoms with Crippen LogP contribution in [0.2, 0.25) is 0 Å². The molecule has 0 saturated carbocycles. The van der Waals surface area contributed by atoms with Gasteiger partial charge < -0.3 is 15.3 Å². The second kappa shape index (κ2) is 7.02. The minimum atomic E-state index is -1.08. The summed E-state index contributed by atoms with van der Waals surface area (Å²) in [5.41, 5.74) is 0.537. The maximum atomic E-state index is 12.4. The van der Waals surface area contributed by atoms with E-state index in [2.05, 4.69) is 10.3 Å². The van der Waals surface area contributed by atoms with Crippen LogP contribution in [0.3, 0.4) is 0 Å². The summed E-state index contributed by atoms with van der Waals surface area (Å²) >= 11 is 0. The molecule has 2 N–H and O–H groups in total. The minimum Gasteiger partial charge on any atom is -0.480 e. The highest BCUT2D eigenvalue weighted by Gasteiger charge is 2.30. The number of carbonyl (C=O) groups excluding carboxylic acids is 2. The number of carboxylic acids is 1. The summed E-state index contributed by atoms with van der Waals surface area (Å²) in [5, 5.41) is 11.3. The molecule has 0 radical (unpaired) electrons. The van der Waals surface area contributed by atoms with E-state index in [0.717, 1.165) is 6.42 Å². The number of nitrogens with one attached hydrogen (secondary N) is 1. The number of piperidine rings is 1. The molecule has 2 heterocycles. The Hall–Kier alpha value is -2.44. The molecule has 2 amide bonds. The smallest absolute Gasteiger partial charge is 0.325 e. The Morgan fingerprint density at radius 3 is 2.68 bits per heavy atom. The van der Waals surface area contributed by atoms with E-state index in [9.17, 15) is 14.4 Å². The van der Waals surface area contributed by atoms with Crippen LogP contribution in [0.5, 0.6) is 0 Å². The Morgan fingerprint density at radius 2 is 2.05 bits per heavy atom. The maximum absolute atomic E-state index is 12.4. The first-order chi connectivity index (χ1) is 10.5. The van der Waals surface area contributed by atoms with Crippen LogP contribution in [0.4, 0.5) is 0 Å². The molecule has 1 aromatic rings. The van der Waals surface area contributed by atoms with Gasteiger partial charge in [0.15, 0.2) is 0 Å². The van der Waals surface area contributed by atoms with Crippen molar-refractivity contribution in [2.45, 2.75) is 25.8 Å². The number of rotatable bonds is 4. The second-order valence-electron chi connectivity index (χ2n) is 5.39. The molecular formula is C15H19N3O4. The summed E-state index contributed by atoms with van der Waals surface area (Å²) in [7, 11) is 0. The van der Waals surface area contributed by atoms with Crippen LogP contribution in [-0.4, -0.2) is 51.9 Å². The fourth-order valence-electron chi connectivity index (χ4n) is 2.45. The molecule has 118 valence electrons. The molecule has 2 atom stereocenters. The zero-order chi connectivity index (χ0) is 16.1. The predicted octanol–water partition coefficient (Wildman–Crippen LogP) is 0.523. The normalized spacial score (nSPS) is 19.3. The average molecular weight is 305 g/mol. The average Bonchev–Trinajstić information content (AvgIpc) is 2.55. The van der Waals surface area contributed by atoms with E-state index in [1.54, 1.807) is 29.4 Å². The molecule has 0 aromatic carbocycles. The highest BCUT2D eigenvalue weighted by molar-refractivity contribution is 5.94. The van der Waals surface area contributed by atoms with E-state index in [0.29, 0.717) is 25.1 Å². The van der Waals surface area contributed by atoms with Gasteiger partial charge in [-0.15, -0.1) is 0 Å². The quantitative estimate of drug-likeness (QED) is 0.845. The first kappa shape index (κ1) is 15.9. The summed E-state index contributed by atoms with van der Waals surface area (Å²) < 4.78 is 0. The van der Waals surface area contributed by atoms with Gasteiger partial charge in [-0.3, -0.25) is 19.4 Å². The molecule has 1 unspecified atom stereocenters. The fraction of sp³-hybridized carbons (Fsp3) is 0.467. The number of hydrogen-bond donors (Lipinski definition) is 2. The summed E-state index contributed by atoms with van der Waals surface area (Å²) in [4.78, 5) is 40.8. The van der Waals surface area contributed by atoms with E-state index in [4.69, 9.17) is 5.11 Å². The monoisotopic (exact) mass is 305 g/mol. The topological polar surface area (TPSA) is 99.6 Å². The third-order valence-electron chi connectivity index (χ3n) is 3.74. The van der Waals surface area contributed by atoms with Crippen molar-refractivity contribution in [2.75, 3.05) is 13.1 Å². The number of pyridine rings is 1. The number of carbonyl (C=O) groups is 3. The van der Waals surface area contributed by atoms with Gasteiger partial charge in [0, 0.05) is 31.0 Å². The van der Waals surface area contributed by atoms with Crippen LogP contribution >= 0.6 is 0 Å². The Bertz CT molecular complexity index is 561. The number of amides is 2. The summed E-state index contributed by atoms with van der Waals surface area (Å²) in [6, 6.07) is 2.34. The molecule has 1 aromatic heterocycles. The van der Waals surface area contributed by atoms with Crippen molar-refractivity contribution >= 4 is 17.8 Å². The van der Waals surface area contributed by atoms with Gasteiger partial charge in [-0.2, -0.15) is 0 Å². The number of likely N-dealkylation sites (tertiary alicyclic amines) is 1. The molecule has 2 rings (SSSR count). The van der Waals surface area contributed by atoms with Crippen molar-refractivity contribution < 1.29 is 19.5 Å². The molecule has 0 aliphatic carbocycles. The maximum Gasteiger partial charge on any atom is 0.325 e. The number of aromatic nitrogens is 1. The Labute approximate surface area is 128 Å². The van der Waals surface area contributed by atoms with Gasteiger partial charge in [-0.25, -0.2) is 0 Å². The second-order valence-corrected chi connectivity index (χ2v) is 5.39. The molecule has 1 saturated heterocycles. The lowest BCUT2D eigenvalue weighted by Crippen LogP contribution is -2.48. The molecule has 1 fully saturated rings. The fourth-order valence-corrected chi connectivity index (χ4v) is 2.45. The van der Waals surface area contributed by atoms with Crippen LogP contribution in [0.1, 0.15) is 30.1 Å². The van der Waals surface area contributed by atoms with E-state index in [1.807, 2.05) is 0 Å². The van der Waals surface area contributed by atoms with E-state index in [1.165, 1.54) is 6.92 Å². The van der Waals surface area contributed by atoms with Gasteiger partial charge in [0.2, 0.25) is 5.91 Å². The van der Waals surface area contributed by atoms with E-state index >= 15 is 0 Å². The van der Waals surface area contributed by atoms with Crippen LogP contribution in [-0.2, 0) is 9.59 Å². The van der Waals surface area contributed by atoms with Crippen molar-refractivity contribution in [3.05, 3.63) is 30.1 Å². The van der Waals surface area contributed by atoms with Crippen LogP contribution < -0.4 is 5.32 Å². The predicted molar refractivity (Wildman–Crippen MR) is 78.1 cm³/mol. The van der Waals surface area contributed by atoms with Crippen molar-refractivity contribution in [2.24, 2.45) is 5.92 Å². The van der Waals surface area contributed by atoms with Crippen molar-refractivity contribution in [1.29, 1.82) is 0 Å². The number of aliphatic carboxylic acids is 1. The van der Waals surface area contributed by atoms with Crippen LogP contribution in [0.25, 0.3) is 0 Å². The number of carboxylic acid groups (broad SMARTS) is 1. The minimum absolute atomic E-state index is 0.133. The van der Waals surface area contributed by atoms with Crippen LogP contribution in [0, 0.1) is 5.92 Å². The van der Waals surface area contributed by atoms with E-state index < -0.39 is 12.0 Å². The van der Waals surface area contributed by atoms with Crippen molar-refractivity contribution in [3.8, 4) is 0 Å².